The Kier molecular flexibility index (Phi) is 1.24. The van der Waals surface area contributed by atoms with E-state index in [0.717, 1.165) is 13.0 Å². The summed E-state index contributed by atoms with van der Waals surface area (Å²) >= 11 is 0. The maximum atomic E-state index is 11.6. The van der Waals surface area contributed by atoms with Crippen molar-refractivity contribution in [3.8, 4) is 0 Å². The number of carbonyl (C=O) groups excluding carboxylic acids is 1. The van der Waals surface area contributed by atoms with Crippen molar-refractivity contribution >= 4 is 5.78 Å². The smallest absolute Gasteiger partial charge is 0.167 e. The van der Waals surface area contributed by atoms with Crippen molar-refractivity contribution in [3.05, 3.63) is 0 Å². The van der Waals surface area contributed by atoms with Crippen LogP contribution in [0.1, 0.15) is 32.1 Å². The van der Waals surface area contributed by atoms with Gasteiger partial charge in [-0.2, -0.15) is 0 Å². The van der Waals surface area contributed by atoms with Gasteiger partial charge in [0.15, 0.2) is 11.4 Å². The second-order valence-electron chi connectivity index (χ2n) is 4.46. The normalized spacial score (nSPS) is 51.2. The number of ether oxygens (including phenoxy) is 1. The molecule has 0 N–H and O–H groups in total. The summed E-state index contributed by atoms with van der Waals surface area (Å²) in [5, 5.41) is 0. The van der Waals surface area contributed by atoms with Crippen molar-refractivity contribution < 1.29 is 9.53 Å². The molecule has 0 aromatic heterocycles. The first-order valence-electron chi connectivity index (χ1n) is 5.00. The molecule has 0 radical (unpaired) electrons. The van der Waals surface area contributed by atoms with Gasteiger partial charge in [0, 0.05) is 12.3 Å². The Bertz CT molecular complexity index is 230. The topological polar surface area (TPSA) is 29.6 Å². The van der Waals surface area contributed by atoms with Crippen LogP contribution in [0.25, 0.3) is 0 Å². The summed E-state index contributed by atoms with van der Waals surface area (Å²) in [6.07, 6.45) is 5.94. The molecule has 12 heavy (non-hydrogen) atoms. The third-order valence-electron chi connectivity index (χ3n) is 3.88. The van der Waals surface area contributed by atoms with Gasteiger partial charge in [0.05, 0.1) is 6.61 Å². The quantitative estimate of drug-likeness (QED) is 0.511. The second-order valence-corrected chi connectivity index (χ2v) is 4.46. The number of hydrogen-bond donors (Lipinski definition) is 0. The van der Waals surface area contributed by atoms with E-state index in [9.17, 15) is 4.79 Å². The van der Waals surface area contributed by atoms with Crippen LogP contribution in [0.2, 0.25) is 0 Å². The molecule has 0 aromatic carbocycles. The van der Waals surface area contributed by atoms with Crippen molar-refractivity contribution in [3.63, 3.8) is 0 Å². The van der Waals surface area contributed by atoms with E-state index in [1.165, 1.54) is 25.7 Å². The molecule has 0 amide bonds. The summed E-state index contributed by atoms with van der Waals surface area (Å²) in [6, 6.07) is 0. The molecule has 2 aliphatic carbocycles. The zero-order valence-electron chi connectivity index (χ0n) is 7.21. The maximum Gasteiger partial charge on any atom is 0.167 e. The van der Waals surface area contributed by atoms with Gasteiger partial charge in [-0.15, -0.1) is 0 Å². The Morgan fingerprint density at radius 1 is 1.33 bits per heavy atom. The van der Waals surface area contributed by atoms with E-state index < -0.39 is 0 Å². The highest BCUT2D eigenvalue weighted by Crippen LogP contribution is 2.53. The first-order valence-corrected chi connectivity index (χ1v) is 5.00. The minimum atomic E-state index is -0.245. The van der Waals surface area contributed by atoms with Crippen LogP contribution in [-0.2, 0) is 9.53 Å². The molecule has 2 nitrogen and oxygen atoms in total. The van der Waals surface area contributed by atoms with Crippen LogP contribution in [0.3, 0.4) is 0 Å². The predicted octanol–water partition coefficient (Wildman–Crippen LogP) is 1.53. The van der Waals surface area contributed by atoms with Crippen LogP contribution in [0.5, 0.6) is 0 Å². The number of fused-ring (bicyclic) bond motifs is 2. The van der Waals surface area contributed by atoms with Crippen LogP contribution >= 0.6 is 0 Å². The fourth-order valence-electron chi connectivity index (χ4n) is 3.14. The highest BCUT2D eigenvalue weighted by molar-refractivity contribution is 5.92. The van der Waals surface area contributed by atoms with E-state index in [-0.39, 0.29) is 5.60 Å². The van der Waals surface area contributed by atoms with Gasteiger partial charge < -0.3 is 4.74 Å². The van der Waals surface area contributed by atoms with Gasteiger partial charge in [-0.1, -0.05) is 12.8 Å². The third-order valence-corrected chi connectivity index (χ3v) is 3.88. The second kappa shape index (κ2) is 2.11. The van der Waals surface area contributed by atoms with E-state index in [1.807, 2.05) is 0 Å². The lowest BCUT2D eigenvalue weighted by molar-refractivity contribution is -0.122. The average Bonchev–Trinajstić information content (AvgIpc) is 2.80. The molecule has 1 spiro atoms. The molecule has 3 atom stereocenters. The van der Waals surface area contributed by atoms with Gasteiger partial charge in [-0.05, 0) is 18.8 Å². The molecule has 66 valence electrons. The van der Waals surface area contributed by atoms with Gasteiger partial charge in [-0.25, -0.2) is 0 Å². The van der Waals surface area contributed by atoms with Crippen LogP contribution in [0, 0.1) is 11.8 Å². The van der Waals surface area contributed by atoms with E-state index in [2.05, 4.69) is 0 Å². The molecular weight excluding hydrogens is 152 g/mol. The van der Waals surface area contributed by atoms with Gasteiger partial charge in [-0.3, -0.25) is 4.79 Å². The fourth-order valence-corrected chi connectivity index (χ4v) is 3.14. The van der Waals surface area contributed by atoms with Crippen LogP contribution in [0.15, 0.2) is 0 Å². The van der Waals surface area contributed by atoms with Crippen molar-refractivity contribution in [2.75, 3.05) is 6.61 Å². The number of hydrogen-bond acceptors (Lipinski definition) is 2. The Labute approximate surface area is 72.3 Å². The molecule has 1 heterocycles. The largest absolute Gasteiger partial charge is 0.361 e. The first-order chi connectivity index (χ1) is 5.83. The highest BCUT2D eigenvalue weighted by atomic mass is 16.6. The lowest BCUT2D eigenvalue weighted by Crippen LogP contribution is -2.29. The lowest BCUT2D eigenvalue weighted by Gasteiger charge is -2.26. The Morgan fingerprint density at radius 3 is 2.83 bits per heavy atom. The van der Waals surface area contributed by atoms with Crippen LogP contribution in [-0.4, -0.2) is 18.0 Å². The standard InChI is InChI=1S/C10H14O2/c11-9-5-7-3-1-2-4-8(7)10(9)6-12-10/h7-8H,1-6H2. The number of epoxide rings is 1. The summed E-state index contributed by atoms with van der Waals surface area (Å²) in [4.78, 5) is 11.6. The maximum absolute atomic E-state index is 11.6. The molecule has 1 aliphatic heterocycles. The molecule has 3 rings (SSSR count). The third kappa shape index (κ3) is 0.717. The van der Waals surface area contributed by atoms with Crippen LogP contribution < -0.4 is 0 Å². The molecule has 3 fully saturated rings. The molecule has 1 saturated heterocycles. The molecule has 3 unspecified atom stereocenters. The SMILES string of the molecule is O=C1CC2CCCCC2C12CO2. The zero-order valence-corrected chi connectivity index (χ0v) is 7.21. The highest BCUT2D eigenvalue weighted by Gasteiger charge is 2.64. The van der Waals surface area contributed by atoms with Gasteiger partial charge in [0.2, 0.25) is 0 Å². The first kappa shape index (κ1) is 7.07. The molecular formula is C10H14O2. The molecule has 0 aromatic rings. The fraction of sp³-hybridized carbons (Fsp3) is 0.900. The summed E-state index contributed by atoms with van der Waals surface area (Å²) in [5.74, 6) is 1.67. The van der Waals surface area contributed by atoms with Gasteiger partial charge >= 0.3 is 0 Å². The number of carbonyl (C=O) groups is 1. The summed E-state index contributed by atoms with van der Waals surface area (Å²) in [5.41, 5.74) is -0.245. The molecule has 3 aliphatic rings. The summed E-state index contributed by atoms with van der Waals surface area (Å²) in [6.45, 7) is 0.729. The Hall–Kier alpha value is -0.370. The van der Waals surface area contributed by atoms with Crippen LogP contribution in [0.4, 0.5) is 0 Å². The minimum absolute atomic E-state index is 0.245. The zero-order chi connectivity index (χ0) is 8.18. The van der Waals surface area contributed by atoms with Crippen molar-refractivity contribution in [1.29, 1.82) is 0 Å². The molecule has 0 bridgehead atoms. The molecule has 2 heteroatoms. The Morgan fingerprint density at radius 2 is 2.08 bits per heavy atom. The van der Waals surface area contributed by atoms with Crippen molar-refractivity contribution in [2.45, 2.75) is 37.7 Å². The van der Waals surface area contributed by atoms with Gasteiger partial charge in [0.1, 0.15) is 0 Å². The lowest BCUT2D eigenvalue weighted by atomic mass is 9.78. The monoisotopic (exact) mass is 166 g/mol. The van der Waals surface area contributed by atoms with E-state index in [0.29, 0.717) is 17.6 Å². The summed E-state index contributed by atoms with van der Waals surface area (Å²) in [7, 11) is 0. The summed E-state index contributed by atoms with van der Waals surface area (Å²) < 4.78 is 5.39. The van der Waals surface area contributed by atoms with Crippen molar-refractivity contribution in [1.82, 2.24) is 0 Å². The number of rotatable bonds is 0. The predicted molar refractivity (Wildman–Crippen MR) is 43.8 cm³/mol. The van der Waals surface area contributed by atoms with E-state index in [1.54, 1.807) is 0 Å². The van der Waals surface area contributed by atoms with E-state index >= 15 is 0 Å². The average molecular weight is 166 g/mol. The van der Waals surface area contributed by atoms with Crippen molar-refractivity contribution in [2.24, 2.45) is 11.8 Å². The number of Topliss-reactive ketones (excluding diaryl/α,β-unsaturated/α-hetero) is 1. The number of ketones is 1. The van der Waals surface area contributed by atoms with Gasteiger partial charge in [0.25, 0.3) is 0 Å². The molecule has 2 saturated carbocycles. The van der Waals surface area contributed by atoms with E-state index in [4.69, 9.17) is 4.74 Å². The Balaban J connectivity index is 1.91. The minimum Gasteiger partial charge on any atom is -0.361 e.